The quantitative estimate of drug-likeness (QED) is 0.700. The van der Waals surface area contributed by atoms with Crippen LogP contribution in [0.5, 0.6) is 0 Å². The van der Waals surface area contributed by atoms with Crippen LogP contribution in [0.3, 0.4) is 0 Å². The molecular weight excluding hydrogens is 228 g/mol. The van der Waals surface area contributed by atoms with E-state index in [4.69, 9.17) is 10.2 Å². The molecule has 3 rings (SSSR count). The van der Waals surface area contributed by atoms with Crippen LogP contribution in [0, 0.1) is 13.8 Å². The zero-order valence-corrected chi connectivity index (χ0v) is 10.3. The summed E-state index contributed by atoms with van der Waals surface area (Å²) < 4.78 is 7.57. The molecule has 2 N–H and O–H groups in total. The standard InChI is InChI=1S/C13H14N4O/c1-8-6-15-13(18-8)7-17-9(2)16-11-5-10(14)3-4-12(11)17/h3-6H,7,14H2,1-2H3. The molecule has 0 unspecified atom stereocenters. The molecule has 0 atom stereocenters. The summed E-state index contributed by atoms with van der Waals surface area (Å²) in [5, 5.41) is 0. The molecule has 0 radical (unpaired) electrons. The number of fused-ring (bicyclic) bond motifs is 1. The fourth-order valence-electron chi connectivity index (χ4n) is 2.08. The predicted octanol–water partition coefficient (Wildman–Crippen LogP) is 2.27. The third-order valence-corrected chi connectivity index (χ3v) is 2.93. The van der Waals surface area contributed by atoms with Gasteiger partial charge in [0.25, 0.3) is 0 Å². The van der Waals surface area contributed by atoms with Crippen LogP contribution < -0.4 is 5.73 Å². The van der Waals surface area contributed by atoms with Gasteiger partial charge in [0.1, 0.15) is 18.1 Å². The number of nitrogen functional groups attached to an aromatic ring is 1. The summed E-state index contributed by atoms with van der Waals surface area (Å²) >= 11 is 0. The van der Waals surface area contributed by atoms with Gasteiger partial charge in [-0.15, -0.1) is 0 Å². The van der Waals surface area contributed by atoms with Gasteiger partial charge in [-0.2, -0.15) is 0 Å². The second kappa shape index (κ2) is 3.87. The highest BCUT2D eigenvalue weighted by Gasteiger charge is 2.10. The van der Waals surface area contributed by atoms with Crippen molar-refractivity contribution in [3.8, 4) is 0 Å². The minimum atomic E-state index is 0.583. The minimum Gasteiger partial charge on any atom is -0.444 e. The van der Waals surface area contributed by atoms with E-state index in [-0.39, 0.29) is 0 Å². The fraction of sp³-hybridized carbons (Fsp3) is 0.231. The van der Waals surface area contributed by atoms with E-state index in [0.717, 1.165) is 28.3 Å². The van der Waals surface area contributed by atoms with Crippen molar-refractivity contribution in [1.82, 2.24) is 14.5 Å². The van der Waals surface area contributed by atoms with Gasteiger partial charge in [0, 0.05) is 5.69 Å². The average molecular weight is 242 g/mol. The number of hydrogen-bond acceptors (Lipinski definition) is 4. The highest BCUT2D eigenvalue weighted by atomic mass is 16.4. The largest absolute Gasteiger partial charge is 0.444 e. The molecule has 5 heteroatoms. The van der Waals surface area contributed by atoms with Crippen molar-refractivity contribution in [2.45, 2.75) is 20.4 Å². The summed E-state index contributed by atoms with van der Waals surface area (Å²) in [4.78, 5) is 8.71. The van der Waals surface area contributed by atoms with Gasteiger partial charge in [0.2, 0.25) is 5.89 Å². The number of oxazole rings is 1. The SMILES string of the molecule is Cc1cnc(Cn2c(C)nc3cc(N)ccc32)o1. The molecule has 3 aromatic rings. The van der Waals surface area contributed by atoms with E-state index in [1.54, 1.807) is 6.20 Å². The third kappa shape index (κ3) is 1.73. The Labute approximate surface area is 104 Å². The van der Waals surface area contributed by atoms with Gasteiger partial charge in [-0.1, -0.05) is 0 Å². The van der Waals surface area contributed by atoms with E-state index >= 15 is 0 Å². The zero-order chi connectivity index (χ0) is 12.7. The van der Waals surface area contributed by atoms with Gasteiger partial charge in [0.15, 0.2) is 0 Å². The third-order valence-electron chi connectivity index (χ3n) is 2.93. The molecule has 92 valence electrons. The summed E-state index contributed by atoms with van der Waals surface area (Å²) in [5.74, 6) is 2.43. The van der Waals surface area contributed by atoms with Crippen LogP contribution in [0.1, 0.15) is 17.5 Å². The van der Waals surface area contributed by atoms with Crippen molar-refractivity contribution in [2.24, 2.45) is 0 Å². The molecule has 0 saturated heterocycles. The lowest BCUT2D eigenvalue weighted by Crippen LogP contribution is -2.02. The van der Waals surface area contributed by atoms with Crippen molar-refractivity contribution in [3.05, 3.63) is 41.9 Å². The molecule has 0 aliphatic rings. The van der Waals surface area contributed by atoms with Crippen molar-refractivity contribution >= 4 is 16.7 Å². The second-order valence-corrected chi connectivity index (χ2v) is 4.36. The normalized spacial score (nSPS) is 11.2. The van der Waals surface area contributed by atoms with Gasteiger partial charge in [-0.05, 0) is 32.0 Å². The Morgan fingerprint density at radius 1 is 1.33 bits per heavy atom. The highest BCUT2D eigenvalue weighted by molar-refractivity contribution is 5.79. The van der Waals surface area contributed by atoms with Crippen LogP contribution in [0.2, 0.25) is 0 Å². The lowest BCUT2D eigenvalue weighted by Gasteiger charge is -2.03. The molecule has 0 aliphatic carbocycles. The highest BCUT2D eigenvalue weighted by Crippen LogP contribution is 2.20. The van der Waals surface area contributed by atoms with Crippen molar-refractivity contribution in [1.29, 1.82) is 0 Å². The Hall–Kier alpha value is -2.30. The Morgan fingerprint density at radius 3 is 2.89 bits per heavy atom. The molecule has 0 amide bonds. The van der Waals surface area contributed by atoms with Gasteiger partial charge in [-0.3, -0.25) is 0 Å². The molecule has 0 bridgehead atoms. The zero-order valence-electron chi connectivity index (χ0n) is 10.3. The summed E-state index contributed by atoms with van der Waals surface area (Å²) in [7, 11) is 0. The maximum Gasteiger partial charge on any atom is 0.214 e. The van der Waals surface area contributed by atoms with E-state index in [0.29, 0.717) is 12.4 Å². The van der Waals surface area contributed by atoms with E-state index < -0.39 is 0 Å². The first-order valence-corrected chi connectivity index (χ1v) is 5.77. The summed E-state index contributed by atoms with van der Waals surface area (Å²) in [5.41, 5.74) is 8.42. The number of nitrogens with two attached hydrogens (primary N) is 1. The Kier molecular flexibility index (Phi) is 2.33. The van der Waals surface area contributed by atoms with Crippen molar-refractivity contribution in [3.63, 3.8) is 0 Å². The summed E-state index contributed by atoms with van der Waals surface area (Å²) in [6.07, 6.45) is 1.72. The lowest BCUT2D eigenvalue weighted by atomic mass is 10.3. The van der Waals surface area contributed by atoms with Gasteiger partial charge in [0.05, 0.1) is 17.2 Å². The average Bonchev–Trinajstić information content (AvgIpc) is 2.84. The van der Waals surface area contributed by atoms with E-state index in [2.05, 4.69) is 14.5 Å². The van der Waals surface area contributed by atoms with Gasteiger partial charge >= 0.3 is 0 Å². The Balaban J connectivity index is 2.08. The number of rotatable bonds is 2. The molecule has 0 saturated carbocycles. The molecule has 1 aromatic carbocycles. The number of aryl methyl sites for hydroxylation is 2. The minimum absolute atomic E-state index is 0.583. The number of imidazole rings is 1. The maximum absolute atomic E-state index is 5.76. The molecule has 0 aliphatic heterocycles. The number of hydrogen-bond donors (Lipinski definition) is 1. The maximum atomic E-state index is 5.76. The number of anilines is 1. The molecule has 18 heavy (non-hydrogen) atoms. The molecule has 2 aromatic heterocycles. The van der Waals surface area contributed by atoms with Gasteiger partial charge in [-0.25, -0.2) is 9.97 Å². The Bertz CT molecular complexity index is 711. The van der Waals surface area contributed by atoms with Crippen LogP contribution in [0.4, 0.5) is 5.69 Å². The van der Waals surface area contributed by atoms with Crippen molar-refractivity contribution < 1.29 is 4.42 Å². The molecule has 2 heterocycles. The van der Waals surface area contributed by atoms with Crippen LogP contribution in [0.25, 0.3) is 11.0 Å². The molecular formula is C13H14N4O. The van der Waals surface area contributed by atoms with Gasteiger partial charge < -0.3 is 14.7 Å². The van der Waals surface area contributed by atoms with Crippen LogP contribution in [-0.2, 0) is 6.54 Å². The lowest BCUT2D eigenvalue weighted by molar-refractivity contribution is 0.457. The summed E-state index contributed by atoms with van der Waals surface area (Å²) in [6.45, 7) is 4.43. The van der Waals surface area contributed by atoms with E-state index in [1.807, 2.05) is 32.0 Å². The first-order valence-electron chi connectivity index (χ1n) is 5.77. The monoisotopic (exact) mass is 242 g/mol. The first-order chi connectivity index (χ1) is 8.63. The van der Waals surface area contributed by atoms with Crippen LogP contribution in [0.15, 0.2) is 28.8 Å². The predicted molar refractivity (Wildman–Crippen MR) is 69.2 cm³/mol. The van der Waals surface area contributed by atoms with Crippen LogP contribution in [-0.4, -0.2) is 14.5 Å². The number of aromatic nitrogens is 3. The van der Waals surface area contributed by atoms with Crippen molar-refractivity contribution in [2.75, 3.05) is 5.73 Å². The Morgan fingerprint density at radius 2 is 2.17 bits per heavy atom. The van der Waals surface area contributed by atoms with Crippen LogP contribution >= 0.6 is 0 Å². The smallest absolute Gasteiger partial charge is 0.214 e. The number of benzene rings is 1. The topological polar surface area (TPSA) is 69.9 Å². The molecule has 5 nitrogen and oxygen atoms in total. The van der Waals surface area contributed by atoms with E-state index in [9.17, 15) is 0 Å². The number of nitrogens with zero attached hydrogens (tertiary/aromatic N) is 3. The summed E-state index contributed by atoms with van der Waals surface area (Å²) in [6, 6.07) is 5.72. The molecule has 0 fully saturated rings. The molecule has 0 spiro atoms. The fourth-order valence-corrected chi connectivity index (χ4v) is 2.08. The van der Waals surface area contributed by atoms with E-state index in [1.165, 1.54) is 0 Å². The first kappa shape index (κ1) is 10.8. The second-order valence-electron chi connectivity index (χ2n) is 4.36.